The van der Waals surface area contributed by atoms with Gasteiger partial charge in [-0.1, -0.05) is 0 Å². The van der Waals surface area contributed by atoms with Crippen LogP contribution in [0.4, 0.5) is 5.69 Å². The lowest BCUT2D eigenvalue weighted by Crippen LogP contribution is -2.45. The summed E-state index contributed by atoms with van der Waals surface area (Å²) < 4.78 is 6.07. The molecule has 1 heterocycles. The van der Waals surface area contributed by atoms with E-state index in [2.05, 4.69) is 26.1 Å². The number of likely N-dealkylation sites (N-methyl/N-ethyl adjacent to an activating group) is 1. The molecule has 1 aliphatic heterocycles. The van der Waals surface area contributed by atoms with Gasteiger partial charge in [-0.3, -0.25) is 14.9 Å². The Morgan fingerprint density at radius 2 is 2.38 bits per heavy atom. The van der Waals surface area contributed by atoms with Gasteiger partial charge in [0.2, 0.25) is 0 Å². The molecule has 0 bridgehead atoms. The molecule has 0 spiro atoms. The molecule has 1 unspecified atom stereocenters. The van der Waals surface area contributed by atoms with Crippen molar-refractivity contribution in [3.63, 3.8) is 0 Å². The van der Waals surface area contributed by atoms with Crippen molar-refractivity contribution in [2.45, 2.75) is 6.10 Å². The van der Waals surface area contributed by atoms with Crippen LogP contribution in [0.15, 0.2) is 22.7 Å². The smallest absolute Gasteiger partial charge is 0.270 e. The fraction of sp³-hybridized carbons (Fsp3) is 0.462. The maximum Gasteiger partial charge on any atom is 0.270 e. The van der Waals surface area contributed by atoms with Gasteiger partial charge in [-0.15, -0.1) is 0 Å². The molecule has 1 aromatic carbocycles. The van der Waals surface area contributed by atoms with Crippen LogP contribution in [0.3, 0.4) is 0 Å². The molecule has 21 heavy (non-hydrogen) atoms. The molecule has 1 fully saturated rings. The van der Waals surface area contributed by atoms with Crippen molar-refractivity contribution >= 4 is 27.5 Å². The number of non-ortho nitro benzene ring substituents is 1. The zero-order valence-corrected chi connectivity index (χ0v) is 13.1. The van der Waals surface area contributed by atoms with Crippen LogP contribution >= 0.6 is 15.9 Å². The molecular formula is C13H16BrN3O4. The Morgan fingerprint density at radius 1 is 1.62 bits per heavy atom. The minimum Gasteiger partial charge on any atom is -0.374 e. The zero-order valence-electron chi connectivity index (χ0n) is 11.5. The largest absolute Gasteiger partial charge is 0.374 e. The summed E-state index contributed by atoms with van der Waals surface area (Å²) in [5.41, 5.74) is 0.130. The van der Waals surface area contributed by atoms with E-state index in [0.717, 1.165) is 13.1 Å². The second kappa shape index (κ2) is 6.97. The standard InChI is InChI=1S/C13H16BrN3O4/c1-16-4-5-21-10(8-16)7-15-13(18)11-6-9(17(19)20)2-3-12(11)14/h2-3,6,10H,4-5,7-8H2,1H3,(H,15,18). The Morgan fingerprint density at radius 3 is 3.05 bits per heavy atom. The van der Waals surface area contributed by atoms with Crippen molar-refractivity contribution in [3.8, 4) is 0 Å². The highest BCUT2D eigenvalue weighted by Crippen LogP contribution is 2.22. The summed E-state index contributed by atoms with van der Waals surface area (Å²) in [4.78, 5) is 24.5. The van der Waals surface area contributed by atoms with Crippen LogP contribution in [0, 0.1) is 10.1 Å². The molecule has 1 saturated heterocycles. The normalized spacial score (nSPS) is 19.2. The third-order valence-electron chi connectivity index (χ3n) is 3.24. The Hall–Kier alpha value is -1.51. The van der Waals surface area contributed by atoms with Gasteiger partial charge in [-0.25, -0.2) is 0 Å². The van der Waals surface area contributed by atoms with Gasteiger partial charge >= 0.3 is 0 Å². The van der Waals surface area contributed by atoms with E-state index in [1.165, 1.54) is 18.2 Å². The number of carbonyl (C=O) groups is 1. The summed E-state index contributed by atoms with van der Waals surface area (Å²) in [7, 11) is 1.99. The van der Waals surface area contributed by atoms with Crippen LogP contribution in [-0.4, -0.2) is 55.1 Å². The molecule has 1 atom stereocenters. The number of amides is 1. The third kappa shape index (κ3) is 4.23. The molecule has 1 aliphatic rings. The summed E-state index contributed by atoms with van der Waals surface area (Å²) >= 11 is 3.23. The van der Waals surface area contributed by atoms with Gasteiger partial charge in [0, 0.05) is 36.2 Å². The number of rotatable bonds is 4. The number of hydrogen-bond donors (Lipinski definition) is 1. The SMILES string of the molecule is CN1CCOC(CNC(=O)c2cc([N+](=O)[O-])ccc2Br)C1. The van der Waals surface area contributed by atoms with E-state index in [9.17, 15) is 14.9 Å². The maximum absolute atomic E-state index is 12.1. The molecule has 7 nitrogen and oxygen atoms in total. The highest BCUT2D eigenvalue weighted by atomic mass is 79.9. The van der Waals surface area contributed by atoms with E-state index >= 15 is 0 Å². The Labute approximate surface area is 130 Å². The van der Waals surface area contributed by atoms with Gasteiger partial charge < -0.3 is 15.0 Å². The predicted octanol–water partition coefficient (Wildman–Crippen LogP) is 1.42. The molecule has 0 radical (unpaired) electrons. The molecule has 1 amide bonds. The number of halogens is 1. The first-order valence-corrected chi connectivity index (χ1v) is 7.29. The van der Waals surface area contributed by atoms with Gasteiger partial charge in [-0.2, -0.15) is 0 Å². The highest BCUT2D eigenvalue weighted by Gasteiger charge is 2.20. The summed E-state index contributed by atoms with van der Waals surface area (Å²) in [5.74, 6) is -0.359. The molecule has 0 aromatic heterocycles. The van der Waals surface area contributed by atoms with Crippen molar-refractivity contribution in [3.05, 3.63) is 38.3 Å². The summed E-state index contributed by atoms with van der Waals surface area (Å²) in [6.45, 7) is 2.63. The monoisotopic (exact) mass is 357 g/mol. The first-order chi connectivity index (χ1) is 9.97. The van der Waals surface area contributed by atoms with Crippen LogP contribution in [0.2, 0.25) is 0 Å². The number of benzene rings is 1. The Balaban J connectivity index is 1.99. The minimum absolute atomic E-state index is 0.0647. The van der Waals surface area contributed by atoms with Crippen LogP contribution in [0.25, 0.3) is 0 Å². The molecule has 2 rings (SSSR count). The van der Waals surface area contributed by atoms with E-state index in [1.54, 1.807) is 0 Å². The van der Waals surface area contributed by atoms with Crippen molar-refractivity contribution in [2.24, 2.45) is 0 Å². The summed E-state index contributed by atoms with van der Waals surface area (Å²) in [5, 5.41) is 13.5. The number of nitro groups is 1. The van der Waals surface area contributed by atoms with Gasteiger partial charge in [0.1, 0.15) is 0 Å². The third-order valence-corrected chi connectivity index (χ3v) is 3.93. The summed E-state index contributed by atoms with van der Waals surface area (Å²) in [6, 6.07) is 4.10. The molecular weight excluding hydrogens is 342 g/mol. The first-order valence-electron chi connectivity index (χ1n) is 6.49. The maximum atomic E-state index is 12.1. The van der Waals surface area contributed by atoms with E-state index < -0.39 is 4.92 Å². The van der Waals surface area contributed by atoms with E-state index in [1.807, 2.05) is 7.05 Å². The fourth-order valence-electron chi connectivity index (χ4n) is 2.09. The van der Waals surface area contributed by atoms with Crippen LogP contribution in [0.5, 0.6) is 0 Å². The molecule has 8 heteroatoms. The Kier molecular flexibility index (Phi) is 5.27. The lowest BCUT2D eigenvalue weighted by atomic mass is 10.2. The number of carbonyl (C=O) groups excluding carboxylic acids is 1. The van der Waals surface area contributed by atoms with E-state index in [4.69, 9.17) is 4.74 Å². The average molecular weight is 358 g/mol. The van der Waals surface area contributed by atoms with Crippen molar-refractivity contribution in [1.82, 2.24) is 10.2 Å². The van der Waals surface area contributed by atoms with Crippen LogP contribution in [0.1, 0.15) is 10.4 Å². The van der Waals surface area contributed by atoms with Gasteiger partial charge in [0.05, 0.1) is 23.2 Å². The fourth-order valence-corrected chi connectivity index (χ4v) is 2.52. The molecule has 1 aromatic rings. The lowest BCUT2D eigenvalue weighted by molar-refractivity contribution is -0.384. The average Bonchev–Trinajstić information content (AvgIpc) is 2.45. The second-order valence-corrected chi connectivity index (χ2v) is 5.74. The van der Waals surface area contributed by atoms with Gasteiger partial charge in [-0.05, 0) is 29.0 Å². The number of nitrogens with zero attached hydrogens (tertiary/aromatic N) is 2. The lowest BCUT2D eigenvalue weighted by Gasteiger charge is -2.30. The number of nitrogens with one attached hydrogen (secondary N) is 1. The highest BCUT2D eigenvalue weighted by molar-refractivity contribution is 9.10. The van der Waals surface area contributed by atoms with Crippen molar-refractivity contribution < 1.29 is 14.5 Å². The minimum atomic E-state index is -0.525. The molecule has 0 saturated carbocycles. The van der Waals surface area contributed by atoms with Crippen LogP contribution < -0.4 is 5.32 Å². The second-order valence-electron chi connectivity index (χ2n) is 4.89. The van der Waals surface area contributed by atoms with Crippen molar-refractivity contribution in [2.75, 3.05) is 33.3 Å². The van der Waals surface area contributed by atoms with Gasteiger partial charge in [0.15, 0.2) is 0 Å². The number of ether oxygens (including phenoxy) is 1. The topological polar surface area (TPSA) is 84.7 Å². The predicted molar refractivity (Wildman–Crippen MR) is 80.4 cm³/mol. The van der Waals surface area contributed by atoms with Crippen molar-refractivity contribution in [1.29, 1.82) is 0 Å². The number of morpholine rings is 1. The quantitative estimate of drug-likeness (QED) is 0.650. The zero-order chi connectivity index (χ0) is 15.4. The van der Waals surface area contributed by atoms with Gasteiger partial charge in [0.25, 0.3) is 11.6 Å². The molecule has 1 N–H and O–H groups in total. The summed E-state index contributed by atoms with van der Waals surface area (Å²) in [6.07, 6.45) is -0.0647. The van der Waals surface area contributed by atoms with E-state index in [0.29, 0.717) is 17.6 Å². The number of nitro benzene ring substituents is 1. The number of hydrogen-bond acceptors (Lipinski definition) is 5. The molecule has 0 aliphatic carbocycles. The van der Waals surface area contributed by atoms with E-state index in [-0.39, 0.29) is 23.3 Å². The Bertz CT molecular complexity index is 552. The first kappa shape index (κ1) is 15.9. The van der Waals surface area contributed by atoms with Crippen LogP contribution in [-0.2, 0) is 4.74 Å². The molecule has 114 valence electrons.